The highest BCUT2D eigenvalue weighted by Crippen LogP contribution is 2.46. The minimum absolute atomic E-state index is 0.534. The van der Waals surface area contributed by atoms with E-state index in [9.17, 15) is 0 Å². The predicted octanol–water partition coefficient (Wildman–Crippen LogP) is 17.5. The number of nitrogens with zero attached hydrogens (tertiary/aromatic N) is 6. The number of hydrogen-bond acceptors (Lipinski definition) is 3. The predicted molar refractivity (Wildman–Crippen MR) is 310 cm³/mol. The number of benzene rings is 11. The van der Waals surface area contributed by atoms with Crippen LogP contribution in [0.4, 0.5) is 0 Å². The second kappa shape index (κ2) is 17.3. The van der Waals surface area contributed by atoms with Gasteiger partial charge in [0.25, 0.3) is 0 Å². The molecule has 4 heterocycles. The summed E-state index contributed by atoms with van der Waals surface area (Å²) in [5.74, 6) is 1.72. The lowest BCUT2D eigenvalue weighted by molar-refractivity contribution is 0.953. The van der Waals surface area contributed by atoms with Crippen LogP contribution in [0.3, 0.4) is 0 Å². The summed E-state index contributed by atoms with van der Waals surface area (Å²) in [6.45, 7) is 0. The van der Waals surface area contributed by atoms with Crippen LogP contribution >= 0.6 is 0 Å². The van der Waals surface area contributed by atoms with Crippen LogP contribution in [0.2, 0.25) is 0 Å². The van der Waals surface area contributed by atoms with Crippen molar-refractivity contribution in [2.45, 2.75) is 0 Å². The van der Waals surface area contributed by atoms with Crippen LogP contribution < -0.4 is 0 Å². The summed E-state index contributed by atoms with van der Waals surface area (Å²) < 4.78 is 7.22. The van der Waals surface area contributed by atoms with E-state index in [1.807, 2.05) is 18.2 Å². The highest BCUT2D eigenvalue weighted by Gasteiger charge is 2.27. The highest BCUT2D eigenvalue weighted by molar-refractivity contribution is 6.27. The van der Waals surface area contributed by atoms with Crippen molar-refractivity contribution in [2.24, 2.45) is 0 Å². The molecular formula is C69H44N6. The second-order valence-corrected chi connectivity index (χ2v) is 19.2. The standard InChI is InChI=1S/C69H44N6/c1-4-19-45(20-5-1)47-39-41-53(42-40-47)73-62-34-17-13-30-57(62)64-63(74-59-31-14-10-27-54(59)55-28-11-15-32-60(55)74)44-58-56-29-12-16-33-61(56)75(65(58)66(64)73)69-71-67(49-23-8-3-9-24-49)70-68(72-69)50-37-35-48(36-38-50)52-26-18-25-51(43-52)46-21-6-2-7-22-46/h1-44H. The van der Waals surface area contributed by atoms with Gasteiger partial charge in [-0.1, -0.05) is 218 Å². The van der Waals surface area contributed by atoms with E-state index in [0.29, 0.717) is 17.6 Å². The molecule has 0 unspecified atom stereocenters. The molecule has 0 aliphatic heterocycles. The first kappa shape index (κ1) is 42.5. The Morgan fingerprint density at radius 2 is 0.627 bits per heavy atom. The van der Waals surface area contributed by atoms with E-state index in [4.69, 9.17) is 15.0 Å². The lowest BCUT2D eigenvalue weighted by Gasteiger charge is -2.16. The zero-order chi connectivity index (χ0) is 49.4. The van der Waals surface area contributed by atoms with Crippen LogP contribution in [0.5, 0.6) is 0 Å². The molecule has 15 aromatic rings. The molecule has 0 saturated carbocycles. The third-order valence-corrected chi connectivity index (χ3v) is 14.9. The molecule has 0 saturated heterocycles. The van der Waals surface area contributed by atoms with Gasteiger partial charge in [0.15, 0.2) is 11.6 Å². The van der Waals surface area contributed by atoms with Gasteiger partial charge in [0.05, 0.1) is 38.8 Å². The van der Waals surface area contributed by atoms with Gasteiger partial charge in [-0.3, -0.25) is 4.57 Å². The first-order valence-electron chi connectivity index (χ1n) is 25.4. The average Bonchev–Trinajstić information content (AvgIpc) is 4.18. The van der Waals surface area contributed by atoms with Gasteiger partial charge in [0.2, 0.25) is 5.95 Å². The van der Waals surface area contributed by atoms with Crippen LogP contribution in [0.15, 0.2) is 267 Å². The van der Waals surface area contributed by atoms with E-state index >= 15 is 0 Å². The van der Waals surface area contributed by atoms with E-state index in [2.05, 4.69) is 262 Å². The Morgan fingerprint density at radius 1 is 0.240 bits per heavy atom. The molecule has 0 spiro atoms. The first-order chi connectivity index (χ1) is 37.2. The monoisotopic (exact) mass is 956 g/mol. The maximum absolute atomic E-state index is 5.52. The molecule has 6 nitrogen and oxygen atoms in total. The summed E-state index contributed by atoms with van der Waals surface area (Å²) in [7, 11) is 0. The summed E-state index contributed by atoms with van der Waals surface area (Å²) in [4.78, 5) is 16.2. The molecule has 350 valence electrons. The summed E-state index contributed by atoms with van der Waals surface area (Å²) in [6, 6.07) is 95.2. The van der Waals surface area contributed by atoms with Gasteiger partial charge in [-0.05, 0) is 81.9 Å². The Hall–Kier alpha value is -10.2. The Kier molecular flexibility index (Phi) is 9.78. The highest BCUT2D eigenvalue weighted by atomic mass is 15.2. The third-order valence-electron chi connectivity index (χ3n) is 14.9. The summed E-state index contributed by atoms with van der Waals surface area (Å²) in [5.41, 5.74) is 17.4. The third kappa shape index (κ3) is 6.92. The largest absolute Gasteiger partial charge is 0.309 e. The first-order valence-corrected chi connectivity index (χ1v) is 25.4. The van der Waals surface area contributed by atoms with Gasteiger partial charge in [-0.25, -0.2) is 4.98 Å². The fourth-order valence-corrected chi connectivity index (χ4v) is 11.5. The van der Waals surface area contributed by atoms with Gasteiger partial charge in [0.1, 0.15) is 0 Å². The fraction of sp³-hybridized carbons (Fsp3) is 0. The normalized spacial score (nSPS) is 11.7. The molecular weight excluding hydrogens is 913 g/mol. The number of para-hydroxylation sites is 4. The van der Waals surface area contributed by atoms with Crippen LogP contribution in [0.25, 0.3) is 139 Å². The molecule has 75 heavy (non-hydrogen) atoms. The van der Waals surface area contributed by atoms with Crippen molar-refractivity contribution in [3.05, 3.63) is 267 Å². The summed E-state index contributed by atoms with van der Waals surface area (Å²) in [5, 5.41) is 6.88. The van der Waals surface area contributed by atoms with E-state index in [1.165, 1.54) is 27.5 Å². The maximum atomic E-state index is 5.52. The van der Waals surface area contributed by atoms with Crippen molar-refractivity contribution in [3.63, 3.8) is 0 Å². The zero-order valence-electron chi connectivity index (χ0n) is 40.6. The van der Waals surface area contributed by atoms with Crippen molar-refractivity contribution < 1.29 is 0 Å². The molecule has 6 heteroatoms. The molecule has 11 aromatic carbocycles. The molecule has 0 aliphatic carbocycles. The minimum Gasteiger partial charge on any atom is -0.309 e. The van der Waals surface area contributed by atoms with E-state index < -0.39 is 0 Å². The van der Waals surface area contributed by atoms with E-state index in [1.54, 1.807) is 0 Å². The molecule has 4 aromatic heterocycles. The van der Waals surface area contributed by atoms with Crippen LogP contribution in [0, 0.1) is 0 Å². The van der Waals surface area contributed by atoms with Crippen molar-refractivity contribution in [3.8, 4) is 73.5 Å². The number of hydrogen-bond donors (Lipinski definition) is 0. The second-order valence-electron chi connectivity index (χ2n) is 19.2. The van der Waals surface area contributed by atoms with Crippen molar-refractivity contribution in [1.29, 1.82) is 0 Å². The minimum atomic E-state index is 0.534. The van der Waals surface area contributed by atoms with Crippen molar-refractivity contribution >= 4 is 65.4 Å². The van der Waals surface area contributed by atoms with Gasteiger partial charge < -0.3 is 9.13 Å². The topological polar surface area (TPSA) is 53.5 Å². The molecule has 0 radical (unpaired) electrons. The van der Waals surface area contributed by atoms with E-state index in [-0.39, 0.29) is 0 Å². The maximum Gasteiger partial charge on any atom is 0.238 e. The lowest BCUT2D eigenvalue weighted by Crippen LogP contribution is -2.07. The quantitative estimate of drug-likeness (QED) is 0.152. The summed E-state index contributed by atoms with van der Waals surface area (Å²) in [6.07, 6.45) is 0. The number of rotatable bonds is 8. The van der Waals surface area contributed by atoms with E-state index in [0.717, 1.165) is 93.8 Å². The van der Waals surface area contributed by atoms with Gasteiger partial charge in [-0.2, -0.15) is 9.97 Å². The molecule has 0 bridgehead atoms. The molecule has 0 fully saturated rings. The number of aromatic nitrogens is 6. The Balaban J connectivity index is 1.03. The molecule has 0 N–H and O–H groups in total. The zero-order valence-corrected chi connectivity index (χ0v) is 40.6. The van der Waals surface area contributed by atoms with Gasteiger partial charge >= 0.3 is 0 Å². The SMILES string of the molecule is c1ccc(-c2ccc(-n3c4ccccc4c4c(-n5c6ccccc6c6ccccc65)cc5c6ccccc6n(-c6nc(-c7ccccc7)nc(-c7ccc(-c8cccc(-c9ccccc9)c8)cc7)n6)c5c43)cc2)cc1. The Bertz CT molecular complexity index is 4610. The fourth-order valence-electron chi connectivity index (χ4n) is 11.5. The summed E-state index contributed by atoms with van der Waals surface area (Å²) >= 11 is 0. The molecule has 0 amide bonds. The van der Waals surface area contributed by atoms with Gasteiger partial charge in [0, 0.05) is 49.1 Å². The Labute approximate surface area is 432 Å². The van der Waals surface area contributed by atoms with Crippen LogP contribution in [0.1, 0.15) is 0 Å². The number of fused-ring (bicyclic) bond motifs is 10. The molecule has 15 rings (SSSR count). The molecule has 0 atom stereocenters. The van der Waals surface area contributed by atoms with Crippen molar-refractivity contribution in [2.75, 3.05) is 0 Å². The average molecular weight is 957 g/mol. The smallest absolute Gasteiger partial charge is 0.238 e. The lowest BCUT2D eigenvalue weighted by atomic mass is 9.98. The van der Waals surface area contributed by atoms with Crippen LogP contribution in [-0.4, -0.2) is 28.7 Å². The Morgan fingerprint density at radius 3 is 1.20 bits per heavy atom. The van der Waals surface area contributed by atoms with Crippen molar-refractivity contribution in [1.82, 2.24) is 28.7 Å². The van der Waals surface area contributed by atoms with Crippen LogP contribution in [-0.2, 0) is 0 Å². The van der Waals surface area contributed by atoms with Gasteiger partial charge in [-0.15, -0.1) is 0 Å². The molecule has 0 aliphatic rings.